The molecule has 0 spiro atoms. The van der Waals surface area contributed by atoms with Gasteiger partial charge in [0, 0.05) is 24.6 Å². The minimum absolute atomic E-state index is 0.528. The molecule has 2 fully saturated rings. The summed E-state index contributed by atoms with van der Waals surface area (Å²) in [6.07, 6.45) is 5.03. The van der Waals surface area contributed by atoms with Crippen molar-refractivity contribution in [2.24, 2.45) is 5.84 Å². The number of hydrazine groups is 1. The van der Waals surface area contributed by atoms with Crippen LogP contribution in [0.15, 0.2) is 6.07 Å². The summed E-state index contributed by atoms with van der Waals surface area (Å²) in [6.45, 7) is 5.61. The van der Waals surface area contributed by atoms with Gasteiger partial charge in [0.2, 0.25) is 0 Å². The Morgan fingerprint density at radius 1 is 1.30 bits per heavy atom. The third-order valence-electron chi connectivity index (χ3n) is 4.18. The highest BCUT2D eigenvalue weighted by Gasteiger charge is 2.27. The molecule has 1 atom stereocenters. The molecule has 1 saturated heterocycles. The first kappa shape index (κ1) is 13.6. The summed E-state index contributed by atoms with van der Waals surface area (Å²) in [4.78, 5) is 11.6. The summed E-state index contributed by atoms with van der Waals surface area (Å²) in [5, 5.41) is 3.43. The van der Waals surface area contributed by atoms with Gasteiger partial charge in [-0.25, -0.2) is 15.8 Å². The van der Waals surface area contributed by atoms with Crippen molar-refractivity contribution in [2.75, 3.05) is 30.4 Å². The summed E-state index contributed by atoms with van der Waals surface area (Å²) in [7, 11) is 0. The van der Waals surface area contributed by atoms with E-state index in [1.54, 1.807) is 0 Å². The van der Waals surface area contributed by atoms with Gasteiger partial charge in [-0.1, -0.05) is 0 Å². The Morgan fingerprint density at radius 2 is 2.00 bits per heavy atom. The van der Waals surface area contributed by atoms with Crippen LogP contribution in [0.4, 0.5) is 11.6 Å². The van der Waals surface area contributed by atoms with Crippen LogP contribution in [0.5, 0.6) is 0 Å². The van der Waals surface area contributed by atoms with E-state index >= 15 is 0 Å². The molecule has 1 unspecified atom stereocenters. The molecular formula is C14H24N6. The topological polar surface area (TPSA) is 79.1 Å². The highest BCUT2D eigenvalue weighted by atomic mass is 15.3. The normalized spacial score (nSPS) is 20.9. The van der Waals surface area contributed by atoms with Gasteiger partial charge in [0.25, 0.3) is 0 Å². The zero-order valence-electron chi connectivity index (χ0n) is 12.1. The van der Waals surface area contributed by atoms with Crippen LogP contribution in [0.3, 0.4) is 0 Å². The van der Waals surface area contributed by atoms with Crippen molar-refractivity contribution in [3.63, 3.8) is 0 Å². The Hall–Kier alpha value is -1.40. The van der Waals surface area contributed by atoms with Crippen LogP contribution in [0.2, 0.25) is 0 Å². The van der Waals surface area contributed by atoms with Crippen LogP contribution in [0.1, 0.15) is 44.3 Å². The maximum atomic E-state index is 5.49. The molecule has 0 radical (unpaired) electrons. The van der Waals surface area contributed by atoms with Gasteiger partial charge in [0.15, 0.2) is 0 Å². The largest absolute Gasteiger partial charge is 0.368 e. The van der Waals surface area contributed by atoms with Gasteiger partial charge >= 0.3 is 0 Å². The summed E-state index contributed by atoms with van der Waals surface area (Å²) >= 11 is 0. The van der Waals surface area contributed by atoms with Crippen molar-refractivity contribution in [1.29, 1.82) is 0 Å². The maximum Gasteiger partial charge on any atom is 0.145 e. The molecule has 1 saturated carbocycles. The average Bonchev–Trinajstić information content (AvgIpc) is 3.19. The van der Waals surface area contributed by atoms with E-state index in [0.29, 0.717) is 17.8 Å². The van der Waals surface area contributed by atoms with Crippen molar-refractivity contribution < 1.29 is 0 Å². The molecule has 0 amide bonds. The van der Waals surface area contributed by atoms with Gasteiger partial charge in [-0.05, 0) is 45.7 Å². The summed E-state index contributed by atoms with van der Waals surface area (Å²) < 4.78 is 0. The van der Waals surface area contributed by atoms with E-state index in [1.807, 2.05) is 6.07 Å². The summed E-state index contributed by atoms with van der Waals surface area (Å²) in [5.74, 6) is 8.50. The fraction of sp³-hybridized carbons (Fsp3) is 0.714. The number of aromatic nitrogens is 2. The summed E-state index contributed by atoms with van der Waals surface area (Å²) in [6, 6.07) is 2.41. The average molecular weight is 276 g/mol. The number of likely N-dealkylation sites (tertiary alicyclic amines) is 1. The van der Waals surface area contributed by atoms with E-state index in [9.17, 15) is 0 Å². The van der Waals surface area contributed by atoms with E-state index in [-0.39, 0.29) is 0 Å². The van der Waals surface area contributed by atoms with Crippen LogP contribution in [0.25, 0.3) is 0 Å². The maximum absolute atomic E-state index is 5.49. The third-order valence-corrected chi connectivity index (χ3v) is 4.18. The zero-order valence-corrected chi connectivity index (χ0v) is 12.1. The highest BCUT2D eigenvalue weighted by molar-refractivity contribution is 5.47. The first-order valence-electron chi connectivity index (χ1n) is 7.60. The lowest BCUT2D eigenvalue weighted by atomic mass is 10.3. The molecule has 1 aliphatic carbocycles. The highest BCUT2D eigenvalue weighted by Crippen LogP contribution is 2.38. The molecule has 2 heterocycles. The van der Waals surface area contributed by atoms with Crippen LogP contribution in [-0.2, 0) is 0 Å². The Bertz CT molecular complexity index is 453. The first-order chi connectivity index (χ1) is 9.76. The van der Waals surface area contributed by atoms with E-state index < -0.39 is 0 Å². The number of nitrogen functional groups attached to an aromatic ring is 1. The number of nitrogens with one attached hydrogen (secondary N) is 2. The molecule has 1 aliphatic heterocycles. The van der Waals surface area contributed by atoms with E-state index in [0.717, 1.165) is 18.2 Å². The monoisotopic (exact) mass is 276 g/mol. The number of rotatable bonds is 6. The quantitative estimate of drug-likeness (QED) is 0.540. The van der Waals surface area contributed by atoms with E-state index in [1.165, 1.54) is 38.8 Å². The Morgan fingerprint density at radius 3 is 2.65 bits per heavy atom. The Labute approximate surface area is 120 Å². The van der Waals surface area contributed by atoms with Crippen molar-refractivity contribution in [3.05, 3.63) is 11.9 Å². The predicted octanol–water partition coefficient (Wildman–Crippen LogP) is 1.54. The van der Waals surface area contributed by atoms with Crippen LogP contribution in [0, 0.1) is 0 Å². The minimum atomic E-state index is 0.528. The van der Waals surface area contributed by atoms with Gasteiger partial charge in [-0.3, -0.25) is 4.90 Å². The number of hydrogen-bond acceptors (Lipinski definition) is 6. The molecule has 0 bridgehead atoms. The zero-order chi connectivity index (χ0) is 13.9. The number of nitrogens with two attached hydrogens (primary N) is 1. The lowest BCUT2D eigenvalue weighted by Gasteiger charge is -2.24. The number of anilines is 2. The van der Waals surface area contributed by atoms with Crippen LogP contribution < -0.4 is 16.6 Å². The molecule has 20 heavy (non-hydrogen) atoms. The van der Waals surface area contributed by atoms with Crippen molar-refractivity contribution in [1.82, 2.24) is 14.9 Å². The van der Waals surface area contributed by atoms with Gasteiger partial charge in [-0.15, -0.1) is 0 Å². The van der Waals surface area contributed by atoms with Gasteiger partial charge in [-0.2, -0.15) is 0 Å². The molecule has 2 aliphatic rings. The van der Waals surface area contributed by atoms with Crippen LogP contribution in [-0.4, -0.2) is 40.5 Å². The number of hydrogen-bond donors (Lipinski definition) is 3. The Kier molecular flexibility index (Phi) is 4.03. The lowest BCUT2D eigenvalue weighted by Crippen LogP contribution is -2.35. The lowest BCUT2D eigenvalue weighted by molar-refractivity contribution is 0.269. The SMILES string of the molecule is CC(CNc1cc(NN)nc(C2CC2)n1)N1CCCC1. The predicted molar refractivity (Wildman–Crippen MR) is 80.6 cm³/mol. The molecule has 6 nitrogen and oxygen atoms in total. The molecule has 1 aromatic heterocycles. The molecule has 3 rings (SSSR count). The standard InChI is InChI=1S/C14H24N6/c1-10(20-6-2-3-7-20)9-16-12-8-13(19-15)18-14(17-12)11-4-5-11/h8,10-11H,2-7,9,15H2,1H3,(H2,16,17,18,19). The third kappa shape index (κ3) is 3.19. The first-order valence-corrected chi connectivity index (χ1v) is 7.60. The van der Waals surface area contributed by atoms with Gasteiger partial charge < -0.3 is 10.7 Å². The van der Waals surface area contributed by atoms with Gasteiger partial charge in [0.05, 0.1) is 0 Å². The molecule has 0 aromatic carbocycles. The van der Waals surface area contributed by atoms with Crippen LogP contribution >= 0.6 is 0 Å². The smallest absolute Gasteiger partial charge is 0.145 e. The fourth-order valence-corrected chi connectivity index (χ4v) is 2.72. The molecule has 1 aromatic rings. The second-order valence-corrected chi connectivity index (χ2v) is 5.89. The van der Waals surface area contributed by atoms with Crippen molar-refractivity contribution >= 4 is 11.6 Å². The van der Waals surface area contributed by atoms with E-state index in [2.05, 4.69) is 32.5 Å². The number of nitrogens with zero attached hydrogens (tertiary/aromatic N) is 3. The minimum Gasteiger partial charge on any atom is -0.368 e. The summed E-state index contributed by atoms with van der Waals surface area (Å²) in [5.41, 5.74) is 2.63. The van der Waals surface area contributed by atoms with Crippen molar-refractivity contribution in [3.8, 4) is 0 Å². The fourth-order valence-electron chi connectivity index (χ4n) is 2.72. The second kappa shape index (κ2) is 5.93. The molecular weight excluding hydrogens is 252 g/mol. The Balaban J connectivity index is 1.62. The molecule has 6 heteroatoms. The van der Waals surface area contributed by atoms with E-state index in [4.69, 9.17) is 5.84 Å². The molecule has 110 valence electrons. The van der Waals surface area contributed by atoms with Gasteiger partial charge in [0.1, 0.15) is 17.5 Å². The van der Waals surface area contributed by atoms with Crippen molar-refractivity contribution in [2.45, 2.75) is 44.6 Å². The second-order valence-electron chi connectivity index (χ2n) is 5.89. The molecule has 4 N–H and O–H groups in total.